The molecule has 7 heteroatoms. The summed E-state index contributed by atoms with van der Waals surface area (Å²) in [6.07, 6.45) is 1.57. The molecule has 0 fully saturated rings. The second-order valence-electron chi connectivity index (χ2n) is 4.62. The highest BCUT2D eigenvalue weighted by Gasteiger charge is 2.07. The number of nitrogens with zero attached hydrogens (tertiary/aromatic N) is 1. The van der Waals surface area contributed by atoms with Gasteiger partial charge >= 0.3 is 0 Å². The molecule has 0 aliphatic rings. The lowest BCUT2D eigenvalue weighted by molar-refractivity contribution is 0.103. The van der Waals surface area contributed by atoms with Crippen LogP contribution in [0.5, 0.6) is 0 Å². The fraction of sp³-hybridized carbons (Fsp3) is 0. The molecule has 0 aliphatic carbocycles. The topological polar surface area (TPSA) is 54.0 Å². The predicted octanol–water partition coefficient (Wildman–Crippen LogP) is 4.93. The molecule has 0 saturated carbocycles. The summed E-state index contributed by atoms with van der Waals surface area (Å²) in [7, 11) is 0. The minimum Gasteiger partial charge on any atom is -0.354 e. The van der Waals surface area contributed by atoms with Crippen LogP contribution < -0.4 is 10.6 Å². The quantitative estimate of drug-likeness (QED) is 0.703. The monoisotopic (exact) mass is 347 g/mol. The van der Waals surface area contributed by atoms with Crippen LogP contribution in [0.25, 0.3) is 0 Å². The lowest BCUT2D eigenvalue weighted by Crippen LogP contribution is -2.11. The number of halogens is 2. The third kappa shape index (κ3) is 3.85. The van der Waals surface area contributed by atoms with Gasteiger partial charge in [0, 0.05) is 5.69 Å². The number of amides is 1. The summed E-state index contributed by atoms with van der Waals surface area (Å²) in [4.78, 5) is 16.7. The van der Waals surface area contributed by atoms with E-state index in [9.17, 15) is 9.18 Å². The maximum Gasteiger partial charge on any atom is 0.266 e. The number of hydrogen-bond acceptors (Lipinski definition) is 4. The van der Waals surface area contributed by atoms with E-state index in [0.29, 0.717) is 22.1 Å². The van der Waals surface area contributed by atoms with Gasteiger partial charge in [-0.2, -0.15) is 0 Å². The van der Waals surface area contributed by atoms with Gasteiger partial charge < -0.3 is 10.6 Å². The number of carbonyl (C=O) groups excluding carboxylic acids is 1. The molecular formula is C16H11ClFN3OS. The Kier molecular flexibility index (Phi) is 4.55. The van der Waals surface area contributed by atoms with Crippen molar-refractivity contribution in [1.29, 1.82) is 0 Å². The molecule has 2 aromatic heterocycles. The molecule has 0 aliphatic heterocycles. The summed E-state index contributed by atoms with van der Waals surface area (Å²) in [6, 6.07) is 11.3. The molecule has 3 rings (SSSR count). The Bertz CT molecular complexity index is 822. The first-order valence-electron chi connectivity index (χ1n) is 6.65. The first-order valence-corrected chi connectivity index (χ1v) is 7.90. The Morgan fingerprint density at radius 3 is 2.65 bits per heavy atom. The third-order valence-corrected chi connectivity index (χ3v) is 4.12. The highest BCUT2D eigenvalue weighted by molar-refractivity contribution is 7.12. The van der Waals surface area contributed by atoms with Crippen molar-refractivity contribution in [2.45, 2.75) is 0 Å². The zero-order chi connectivity index (χ0) is 16.2. The van der Waals surface area contributed by atoms with Gasteiger partial charge in [0.25, 0.3) is 5.91 Å². The molecule has 116 valence electrons. The highest BCUT2D eigenvalue weighted by Crippen LogP contribution is 2.23. The zero-order valence-electron chi connectivity index (χ0n) is 11.7. The lowest BCUT2D eigenvalue weighted by Gasteiger charge is -2.08. The second-order valence-corrected chi connectivity index (χ2v) is 5.97. The fourth-order valence-corrected chi connectivity index (χ4v) is 2.67. The minimum absolute atomic E-state index is 0.0443. The van der Waals surface area contributed by atoms with Crippen LogP contribution in [0, 0.1) is 5.82 Å². The number of rotatable bonds is 4. The van der Waals surface area contributed by atoms with Gasteiger partial charge in [0.2, 0.25) is 0 Å². The second kappa shape index (κ2) is 6.76. The van der Waals surface area contributed by atoms with Gasteiger partial charge in [0.05, 0.1) is 21.8 Å². The number of pyridine rings is 1. The maximum absolute atomic E-state index is 13.1. The Hall–Kier alpha value is -2.44. The van der Waals surface area contributed by atoms with Crippen LogP contribution >= 0.6 is 22.9 Å². The number of hydrogen-bond donors (Lipinski definition) is 2. The van der Waals surface area contributed by atoms with Crippen molar-refractivity contribution in [1.82, 2.24) is 4.98 Å². The number of nitrogens with one attached hydrogen (secondary N) is 2. The molecule has 0 radical (unpaired) electrons. The minimum atomic E-state index is -0.470. The van der Waals surface area contributed by atoms with Crippen molar-refractivity contribution < 1.29 is 9.18 Å². The third-order valence-electron chi connectivity index (χ3n) is 2.96. The van der Waals surface area contributed by atoms with Crippen molar-refractivity contribution in [2.75, 3.05) is 10.6 Å². The van der Waals surface area contributed by atoms with Crippen molar-refractivity contribution in [3.05, 3.63) is 69.8 Å². The number of thiophene rings is 1. The summed E-state index contributed by atoms with van der Waals surface area (Å²) in [5.41, 5.74) is 1.34. The van der Waals surface area contributed by atoms with Crippen LogP contribution in [-0.2, 0) is 0 Å². The molecule has 0 atom stereocenters. The molecule has 23 heavy (non-hydrogen) atoms. The number of anilines is 3. The van der Waals surface area contributed by atoms with E-state index >= 15 is 0 Å². The first kappa shape index (κ1) is 15.5. The van der Waals surface area contributed by atoms with Gasteiger partial charge in [0.15, 0.2) is 0 Å². The van der Waals surface area contributed by atoms with Crippen LogP contribution in [0.2, 0.25) is 5.02 Å². The van der Waals surface area contributed by atoms with E-state index in [1.807, 2.05) is 11.4 Å². The molecule has 2 N–H and O–H groups in total. The molecule has 0 bridgehead atoms. The van der Waals surface area contributed by atoms with E-state index in [2.05, 4.69) is 15.6 Å². The molecule has 4 nitrogen and oxygen atoms in total. The van der Waals surface area contributed by atoms with Crippen LogP contribution in [0.4, 0.5) is 21.6 Å². The SMILES string of the molecule is O=C(Nc1ccc(Nc2ccc(F)c(Cl)c2)cn1)c1cccs1. The van der Waals surface area contributed by atoms with Gasteiger partial charge in [-0.05, 0) is 41.8 Å². The predicted molar refractivity (Wildman–Crippen MR) is 91.2 cm³/mol. The fourth-order valence-electron chi connectivity index (χ4n) is 1.87. The molecule has 3 aromatic rings. The van der Waals surface area contributed by atoms with Gasteiger partial charge in [0.1, 0.15) is 11.6 Å². The summed E-state index contributed by atoms with van der Waals surface area (Å²) in [5, 5.41) is 7.65. The van der Waals surface area contributed by atoms with Crippen LogP contribution in [-0.4, -0.2) is 10.9 Å². The van der Waals surface area contributed by atoms with Crippen molar-refractivity contribution >= 4 is 46.0 Å². The molecule has 1 amide bonds. The zero-order valence-corrected chi connectivity index (χ0v) is 13.3. The summed E-state index contributed by atoms with van der Waals surface area (Å²) < 4.78 is 13.1. The maximum atomic E-state index is 13.1. The lowest BCUT2D eigenvalue weighted by atomic mass is 10.3. The number of benzene rings is 1. The van der Waals surface area contributed by atoms with Gasteiger partial charge in [-0.3, -0.25) is 4.79 Å². The largest absolute Gasteiger partial charge is 0.354 e. The number of aromatic nitrogens is 1. The van der Waals surface area contributed by atoms with E-state index < -0.39 is 5.82 Å². The van der Waals surface area contributed by atoms with E-state index in [1.54, 1.807) is 30.5 Å². The average molecular weight is 348 g/mol. The van der Waals surface area contributed by atoms with Gasteiger partial charge in [-0.15, -0.1) is 11.3 Å². The molecule has 2 heterocycles. The highest BCUT2D eigenvalue weighted by atomic mass is 35.5. The Morgan fingerprint density at radius 2 is 2.00 bits per heavy atom. The van der Waals surface area contributed by atoms with E-state index in [1.165, 1.54) is 23.5 Å². The van der Waals surface area contributed by atoms with Crippen LogP contribution in [0.3, 0.4) is 0 Å². The Balaban J connectivity index is 1.67. The van der Waals surface area contributed by atoms with E-state index in [4.69, 9.17) is 11.6 Å². The molecule has 0 spiro atoms. The smallest absolute Gasteiger partial charge is 0.266 e. The Labute approximate surface area is 141 Å². The van der Waals surface area contributed by atoms with Crippen molar-refractivity contribution in [2.24, 2.45) is 0 Å². The summed E-state index contributed by atoms with van der Waals surface area (Å²) in [6.45, 7) is 0. The van der Waals surface area contributed by atoms with Crippen LogP contribution in [0.1, 0.15) is 9.67 Å². The summed E-state index contributed by atoms with van der Waals surface area (Å²) in [5.74, 6) is -0.216. The van der Waals surface area contributed by atoms with Crippen LogP contribution in [0.15, 0.2) is 54.0 Å². The molecule has 0 unspecified atom stereocenters. The average Bonchev–Trinajstić information content (AvgIpc) is 3.07. The molecule has 1 aromatic carbocycles. The van der Waals surface area contributed by atoms with E-state index in [0.717, 1.165) is 0 Å². The van der Waals surface area contributed by atoms with Crippen molar-refractivity contribution in [3.63, 3.8) is 0 Å². The van der Waals surface area contributed by atoms with E-state index in [-0.39, 0.29) is 10.9 Å². The molecule has 0 saturated heterocycles. The summed E-state index contributed by atoms with van der Waals surface area (Å²) >= 11 is 7.10. The number of carbonyl (C=O) groups is 1. The first-order chi connectivity index (χ1) is 11.1. The Morgan fingerprint density at radius 1 is 1.17 bits per heavy atom. The van der Waals surface area contributed by atoms with Crippen molar-refractivity contribution in [3.8, 4) is 0 Å². The normalized spacial score (nSPS) is 10.3. The van der Waals surface area contributed by atoms with Gasteiger partial charge in [-0.25, -0.2) is 9.37 Å². The van der Waals surface area contributed by atoms with Gasteiger partial charge in [-0.1, -0.05) is 17.7 Å². The standard InChI is InChI=1S/C16H11ClFN3OS/c17-12-8-10(3-5-13(12)18)20-11-4-6-15(19-9-11)21-16(22)14-2-1-7-23-14/h1-9,20H,(H,19,21,22). The molecular weight excluding hydrogens is 337 g/mol.